The Kier molecular flexibility index (Phi) is 7.79. The van der Waals surface area contributed by atoms with E-state index in [0.717, 1.165) is 5.56 Å². The number of hydrogen-bond acceptors (Lipinski definition) is 3. The molecule has 1 unspecified atom stereocenters. The topological polar surface area (TPSA) is 46.5 Å². The van der Waals surface area contributed by atoms with Crippen LogP contribution in [0.4, 0.5) is 22.0 Å². The number of aliphatic hydroxyl groups is 1. The molecule has 142 valence electrons. The monoisotopic (exact) mass is 368 g/mol. The molecule has 1 aromatic rings. The Labute approximate surface area is 142 Å². The summed E-state index contributed by atoms with van der Waals surface area (Å²) in [6.45, 7) is 0. The lowest BCUT2D eigenvalue weighted by atomic mass is 9.99. The Morgan fingerprint density at radius 3 is 2.24 bits per heavy atom. The van der Waals surface area contributed by atoms with Crippen molar-refractivity contribution in [1.29, 1.82) is 0 Å². The third kappa shape index (κ3) is 6.97. The van der Waals surface area contributed by atoms with Gasteiger partial charge in [0.05, 0.1) is 13.2 Å². The lowest BCUT2D eigenvalue weighted by Gasteiger charge is -2.20. The predicted octanol–water partition coefficient (Wildman–Crippen LogP) is 4.58. The van der Waals surface area contributed by atoms with Gasteiger partial charge >= 0.3 is 18.1 Å². The van der Waals surface area contributed by atoms with Crippen molar-refractivity contribution in [3.8, 4) is 0 Å². The third-order valence-corrected chi connectivity index (χ3v) is 3.82. The van der Waals surface area contributed by atoms with Gasteiger partial charge in [-0.1, -0.05) is 24.3 Å². The predicted molar refractivity (Wildman–Crippen MR) is 81.2 cm³/mol. The first-order valence-corrected chi connectivity index (χ1v) is 7.85. The van der Waals surface area contributed by atoms with E-state index < -0.39 is 31.0 Å². The number of aryl methyl sites for hydroxylation is 1. The smallest absolute Gasteiger partial charge is 0.453 e. The van der Waals surface area contributed by atoms with E-state index in [9.17, 15) is 31.9 Å². The number of ether oxygens (including phenoxy) is 1. The molecule has 0 aliphatic rings. The SMILES string of the molecule is COC(=O)CCCc1ccc(C(O)CCCC(F)(F)C(F)(F)F)cc1. The van der Waals surface area contributed by atoms with E-state index in [-0.39, 0.29) is 18.8 Å². The highest BCUT2D eigenvalue weighted by atomic mass is 19.4. The van der Waals surface area contributed by atoms with Crippen LogP contribution in [0.2, 0.25) is 0 Å². The number of esters is 1. The Bertz CT molecular complexity index is 540. The molecule has 1 aromatic carbocycles. The molecular formula is C17H21F5O3. The lowest BCUT2D eigenvalue weighted by molar-refractivity contribution is -0.284. The molecule has 3 nitrogen and oxygen atoms in total. The first-order valence-electron chi connectivity index (χ1n) is 7.85. The molecule has 0 aliphatic heterocycles. The van der Waals surface area contributed by atoms with Gasteiger partial charge in [-0.05, 0) is 36.8 Å². The Morgan fingerprint density at radius 1 is 1.12 bits per heavy atom. The zero-order valence-corrected chi connectivity index (χ0v) is 13.8. The maximum atomic E-state index is 12.8. The minimum atomic E-state index is -5.57. The summed E-state index contributed by atoms with van der Waals surface area (Å²) in [5.74, 6) is -5.04. The lowest BCUT2D eigenvalue weighted by Crippen LogP contribution is -2.36. The van der Waals surface area contributed by atoms with Gasteiger partial charge < -0.3 is 9.84 Å². The van der Waals surface area contributed by atoms with Crippen molar-refractivity contribution in [2.24, 2.45) is 0 Å². The van der Waals surface area contributed by atoms with Gasteiger partial charge in [-0.3, -0.25) is 4.79 Å². The summed E-state index contributed by atoms with van der Waals surface area (Å²) in [5, 5.41) is 9.90. The molecule has 0 aromatic heterocycles. The highest BCUT2D eigenvalue weighted by Crippen LogP contribution is 2.39. The van der Waals surface area contributed by atoms with E-state index in [1.54, 1.807) is 24.3 Å². The molecule has 0 bridgehead atoms. The number of methoxy groups -OCH3 is 1. The number of halogens is 5. The van der Waals surface area contributed by atoms with E-state index in [4.69, 9.17) is 0 Å². The third-order valence-electron chi connectivity index (χ3n) is 3.82. The number of benzene rings is 1. The second-order valence-electron chi connectivity index (χ2n) is 5.78. The Balaban J connectivity index is 2.44. The van der Waals surface area contributed by atoms with Crippen LogP contribution in [0.5, 0.6) is 0 Å². The van der Waals surface area contributed by atoms with Crippen molar-refractivity contribution in [2.75, 3.05) is 7.11 Å². The van der Waals surface area contributed by atoms with Crippen LogP contribution < -0.4 is 0 Å². The van der Waals surface area contributed by atoms with E-state index in [1.165, 1.54) is 7.11 Å². The van der Waals surface area contributed by atoms with Crippen LogP contribution in [0.25, 0.3) is 0 Å². The van der Waals surface area contributed by atoms with Crippen LogP contribution in [0.1, 0.15) is 49.3 Å². The van der Waals surface area contributed by atoms with E-state index >= 15 is 0 Å². The molecule has 1 atom stereocenters. The van der Waals surface area contributed by atoms with E-state index in [0.29, 0.717) is 18.4 Å². The summed E-state index contributed by atoms with van der Waals surface area (Å²) >= 11 is 0. The van der Waals surface area contributed by atoms with Gasteiger partial charge in [0.1, 0.15) is 0 Å². The molecule has 0 spiro atoms. The second-order valence-corrected chi connectivity index (χ2v) is 5.78. The van der Waals surface area contributed by atoms with Crippen LogP contribution in [0, 0.1) is 0 Å². The van der Waals surface area contributed by atoms with Crippen LogP contribution in [-0.4, -0.2) is 30.3 Å². The normalized spacial score (nSPS) is 13.6. The first kappa shape index (κ1) is 21.3. The molecule has 0 saturated heterocycles. The number of alkyl halides is 5. The fourth-order valence-corrected chi connectivity index (χ4v) is 2.27. The van der Waals surface area contributed by atoms with Crippen molar-refractivity contribution in [1.82, 2.24) is 0 Å². The van der Waals surface area contributed by atoms with Gasteiger partial charge in [0.2, 0.25) is 0 Å². The van der Waals surface area contributed by atoms with Crippen LogP contribution in [-0.2, 0) is 16.0 Å². The zero-order valence-electron chi connectivity index (χ0n) is 13.8. The maximum absolute atomic E-state index is 12.8. The summed E-state index contributed by atoms with van der Waals surface area (Å²) in [4.78, 5) is 11.0. The second kappa shape index (κ2) is 9.12. The molecule has 1 rings (SSSR count). The maximum Gasteiger partial charge on any atom is 0.453 e. The average Bonchev–Trinajstić information content (AvgIpc) is 2.54. The fourth-order valence-electron chi connectivity index (χ4n) is 2.27. The van der Waals surface area contributed by atoms with Crippen LogP contribution in [0.15, 0.2) is 24.3 Å². The van der Waals surface area contributed by atoms with Gasteiger partial charge in [0, 0.05) is 12.8 Å². The molecule has 1 N–H and O–H groups in total. The molecule has 0 aliphatic carbocycles. The summed E-state index contributed by atoms with van der Waals surface area (Å²) in [7, 11) is 1.31. The van der Waals surface area contributed by atoms with Crippen LogP contribution >= 0.6 is 0 Å². The van der Waals surface area contributed by atoms with Gasteiger partial charge in [-0.25, -0.2) is 0 Å². The summed E-state index contributed by atoms with van der Waals surface area (Å²) in [6.07, 6.45) is -7.14. The largest absolute Gasteiger partial charge is 0.469 e. The summed E-state index contributed by atoms with van der Waals surface area (Å²) < 4.78 is 66.3. The number of hydrogen-bond donors (Lipinski definition) is 1. The molecular weight excluding hydrogens is 347 g/mol. The van der Waals surface area contributed by atoms with Gasteiger partial charge in [-0.2, -0.15) is 22.0 Å². The molecule has 0 amide bonds. The number of aliphatic hydroxyl groups excluding tert-OH is 1. The number of carbonyl (C=O) groups excluding carboxylic acids is 1. The average molecular weight is 368 g/mol. The van der Waals surface area contributed by atoms with Gasteiger partial charge in [-0.15, -0.1) is 0 Å². The quantitative estimate of drug-likeness (QED) is 0.513. The number of carbonyl (C=O) groups is 1. The van der Waals surface area contributed by atoms with Crippen molar-refractivity contribution in [3.05, 3.63) is 35.4 Å². The highest BCUT2D eigenvalue weighted by Gasteiger charge is 2.56. The van der Waals surface area contributed by atoms with Gasteiger partial charge in [0.25, 0.3) is 0 Å². The molecule has 25 heavy (non-hydrogen) atoms. The first-order chi connectivity index (χ1) is 11.6. The highest BCUT2D eigenvalue weighted by molar-refractivity contribution is 5.69. The van der Waals surface area contributed by atoms with E-state index in [2.05, 4.69) is 4.74 Å². The zero-order chi connectivity index (χ0) is 19.1. The Hall–Kier alpha value is -1.70. The fraction of sp³-hybridized carbons (Fsp3) is 0.588. The Morgan fingerprint density at radius 2 is 1.72 bits per heavy atom. The van der Waals surface area contributed by atoms with Crippen molar-refractivity contribution in [2.45, 2.75) is 56.7 Å². The molecule has 8 heteroatoms. The van der Waals surface area contributed by atoms with Crippen LogP contribution in [0.3, 0.4) is 0 Å². The van der Waals surface area contributed by atoms with E-state index in [1.807, 2.05) is 0 Å². The number of rotatable bonds is 9. The minimum absolute atomic E-state index is 0.187. The molecule has 0 radical (unpaired) electrons. The molecule has 0 heterocycles. The van der Waals surface area contributed by atoms with Gasteiger partial charge in [0.15, 0.2) is 0 Å². The standard InChI is InChI=1S/C17H21F5O3/c1-25-15(24)6-2-4-12-7-9-13(10-8-12)14(23)5-3-11-16(18,19)17(20,21)22/h7-10,14,23H,2-6,11H2,1H3. The molecule has 0 fully saturated rings. The summed E-state index contributed by atoms with van der Waals surface area (Å²) in [6, 6.07) is 6.64. The summed E-state index contributed by atoms with van der Waals surface area (Å²) in [5.41, 5.74) is 1.37. The van der Waals surface area contributed by atoms with Crippen molar-refractivity contribution >= 4 is 5.97 Å². The minimum Gasteiger partial charge on any atom is -0.469 e. The van der Waals surface area contributed by atoms with Crippen molar-refractivity contribution < 1.29 is 36.6 Å². The molecule has 0 saturated carbocycles. The van der Waals surface area contributed by atoms with Crippen molar-refractivity contribution in [3.63, 3.8) is 0 Å².